The van der Waals surface area contributed by atoms with Crippen molar-refractivity contribution in [3.63, 3.8) is 0 Å². The number of aliphatic hydroxyl groups excluding tert-OH is 1. The summed E-state index contributed by atoms with van der Waals surface area (Å²) >= 11 is 0. The molecule has 0 unspecified atom stereocenters. The van der Waals surface area contributed by atoms with Crippen molar-refractivity contribution in [3.8, 4) is 5.75 Å². The van der Waals surface area contributed by atoms with Crippen LogP contribution in [0.4, 0.5) is 8.78 Å². The predicted octanol–water partition coefficient (Wildman–Crippen LogP) is 2.45. The van der Waals surface area contributed by atoms with E-state index in [-0.39, 0.29) is 23.6 Å². The average molecular weight is 321 g/mol. The average Bonchev–Trinajstić information content (AvgIpc) is 2.49. The first-order valence-corrected chi connectivity index (χ1v) is 7.07. The third-order valence-electron chi connectivity index (χ3n) is 3.42. The van der Waals surface area contributed by atoms with Gasteiger partial charge in [0.25, 0.3) is 0 Å². The SMILES string of the molecule is C[C@@H](NC(=O)Cc1cccc(O)c1)[C@H](O)c1ccc(F)c(F)c1. The standard InChI is InChI=1S/C17H17F2NO3/c1-10(17(23)12-5-6-14(18)15(19)9-12)20-16(22)8-11-3-2-4-13(21)7-11/h2-7,9-10,17,21,23H,8H2,1H3,(H,20,22)/t10-,17+/m1/s1. The van der Waals surface area contributed by atoms with Gasteiger partial charge < -0.3 is 15.5 Å². The first-order chi connectivity index (χ1) is 10.9. The molecule has 0 bridgehead atoms. The normalized spacial score (nSPS) is 13.4. The van der Waals surface area contributed by atoms with Crippen LogP contribution < -0.4 is 5.32 Å². The summed E-state index contributed by atoms with van der Waals surface area (Å²) in [5.41, 5.74) is 0.797. The fourth-order valence-corrected chi connectivity index (χ4v) is 2.22. The van der Waals surface area contributed by atoms with E-state index >= 15 is 0 Å². The summed E-state index contributed by atoms with van der Waals surface area (Å²) in [5, 5.41) is 22.1. The van der Waals surface area contributed by atoms with Crippen LogP contribution >= 0.6 is 0 Å². The Bertz CT molecular complexity index is 706. The number of hydrogen-bond donors (Lipinski definition) is 3. The lowest BCUT2D eigenvalue weighted by Gasteiger charge is -2.21. The zero-order valence-corrected chi connectivity index (χ0v) is 12.5. The lowest BCUT2D eigenvalue weighted by molar-refractivity contribution is -0.121. The van der Waals surface area contributed by atoms with Gasteiger partial charge in [-0.25, -0.2) is 8.78 Å². The summed E-state index contributed by atoms with van der Waals surface area (Å²) in [6, 6.07) is 8.68. The summed E-state index contributed by atoms with van der Waals surface area (Å²) < 4.78 is 26.1. The Labute approximate surface area is 132 Å². The molecule has 0 aliphatic carbocycles. The van der Waals surface area contributed by atoms with Crippen LogP contribution in [0.1, 0.15) is 24.2 Å². The predicted molar refractivity (Wildman–Crippen MR) is 80.7 cm³/mol. The van der Waals surface area contributed by atoms with Gasteiger partial charge in [0.15, 0.2) is 11.6 Å². The highest BCUT2D eigenvalue weighted by molar-refractivity contribution is 5.79. The van der Waals surface area contributed by atoms with E-state index < -0.39 is 23.8 Å². The van der Waals surface area contributed by atoms with Crippen LogP contribution in [0.15, 0.2) is 42.5 Å². The van der Waals surface area contributed by atoms with E-state index in [9.17, 15) is 23.8 Å². The second-order valence-corrected chi connectivity index (χ2v) is 5.32. The zero-order chi connectivity index (χ0) is 17.0. The Balaban J connectivity index is 1.98. The van der Waals surface area contributed by atoms with Crippen LogP contribution in [0, 0.1) is 11.6 Å². The van der Waals surface area contributed by atoms with Crippen molar-refractivity contribution in [2.24, 2.45) is 0 Å². The molecule has 2 aromatic rings. The van der Waals surface area contributed by atoms with Crippen molar-refractivity contribution in [1.82, 2.24) is 5.32 Å². The maximum absolute atomic E-state index is 13.2. The first kappa shape index (κ1) is 16.9. The number of phenolic OH excluding ortho intramolecular Hbond substituents is 1. The molecule has 0 saturated heterocycles. The molecular formula is C17H17F2NO3. The highest BCUT2D eigenvalue weighted by Gasteiger charge is 2.20. The van der Waals surface area contributed by atoms with Crippen LogP contribution in [-0.4, -0.2) is 22.2 Å². The number of carbonyl (C=O) groups is 1. The van der Waals surface area contributed by atoms with E-state index in [0.29, 0.717) is 5.56 Å². The topological polar surface area (TPSA) is 69.6 Å². The highest BCUT2D eigenvalue weighted by Crippen LogP contribution is 2.19. The summed E-state index contributed by atoms with van der Waals surface area (Å²) in [6.07, 6.45) is -1.14. The zero-order valence-electron chi connectivity index (χ0n) is 12.5. The molecule has 2 atom stereocenters. The van der Waals surface area contributed by atoms with Gasteiger partial charge in [-0.15, -0.1) is 0 Å². The molecule has 4 nitrogen and oxygen atoms in total. The number of carbonyl (C=O) groups excluding carboxylic acids is 1. The maximum Gasteiger partial charge on any atom is 0.224 e. The number of benzene rings is 2. The van der Waals surface area contributed by atoms with Crippen molar-refractivity contribution in [1.29, 1.82) is 0 Å². The monoisotopic (exact) mass is 321 g/mol. The number of rotatable bonds is 5. The number of nitrogens with one attached hydrogen (secondary N) is 1. The van der Waals surface area contributed by atoms with Gasteiger partial charge in [0.1, 0.15) is 5.75 Å². The Kier molecular flexibility index (Phi) is 5.28. The number of hydrogen-bond acceptors (Lipinski definition) is 3. The second kappa shape index (κ2) is 7.19. The van der Waals surface area contributed by atoms with Crippen molar-refractivity contribution < 1.29 is 23.8 Å². The Morgan fingerprint density at radius 2 is 1.91 bits per heavy atom. The Hall–Kier alpha value is -2.47. The molecular weight excluding hydrogens is 304 g/mol. The molecule has 122 valence electrons. The van der Waals surface area contributed by atoms with Crippen LogP contribution in [0.25, 0.3) is 0 Å². The van der Waals surface area contributed by atoms with Crippen LogP contribution in [0.2, 0.25) is 0 Å². The molecule has 23 heavy (non-hydrogen) atoms. The van der Waals surface area contributed by atoms with Gasteiger partial charge in [-0.1, -0.05) is 18.2 Å². The van der Waals surface area contributed by atoms with E-state index in [1.54, 1.807) is 19.1 Å². The summed E-state index contributed by atoms with van der Waals surface area (Å²) in [4.78, 5) is 12.0. The second-order valence-electron chi connectivity index (χ2n) is 5.32. The van der Waals surface area contributed by atoms with Gasteiger partial charge in [0.2, 0.25) is 5.91 Å². The van der Waals surface area contributed by atoms with Crippen molar-refractivity contribution in [2.45, 2.75) is 25.5 Å². The summed E-state index contributed by atoms with van der Waals surface area (Å²) in [6.45, 7) is 1.56. The molecule has 6 heteroatoms. The summed E-state index contributed by atoms with van der Waals surface area (Å²) in [5.74, 6) is -2.35. The number of halogens is 2. The fraction of sp³-hybridized carbons (Fsp3) is 0.235. The molecule has 0 fully saturated rings. The van der Waals surface area contributed by atoms with E-state index in [2.05, 4.69) is 5.32 Å². The first-order valence-electron chi connectivity index (χ1n) is 7.07. The Morgan fingerprint density at radius 3 is 2.57 bits per heavy atom. The molecule has 1 amide bonds. The Morgan fingerprint density at radius 1 is 1.17 bits per heavy atom. The van der Waals surface area contributed by atoms with E-state index in [4.69, 9.17) is 0 Å². The van der Waals surface area contributed by atoms with Gasteiger partial charge >= 0.3 is 0 Å². The van der Waals surface area contributed by atoms with Gasteiger partial charge in [-0.2, -0.15) is 0 Å². The lowest BCUT2D eigenvalue weighted by Crippen LogP contribution is -2.38. The van der Waals surface area contributed by atoms with Gasteiger partial charge in [0.05, 0.1) is 18.6 Å². The van der Waals surface area contributed by atoms with Crippen LogP contribution in [-0.2, 0) is 11.2 Å². The smallest absolute Gasteiger partial charge is 0.224 e. The molecule has 0 saturated carbocycles. The number of aliphatic hydroxyl groups is 1. The highest BCUT2D eigenvalue weighted by atomic mass is 19.2. The van der Waals surface area contributed by atoms with Gasteiger partial charge in [-0.3, -0.25) is 4.79 Å². The minimum Gasteiger partial charge on any atom is -0.508 e. The molecule has 2 rings (SSSR count). The van der Waals surface area contributed by atoms with Crippen LogP contribution in [0.3, 0.4) is 0 Å². The van der Waals surface area contributed by atoms with E-state index in [0.717, 1.165) is 12.1 Å². The fourth-order valence-electron chi connectivity index (χ4n) is 2.22. The summed E-state index contributed by atoms with van der Waals surface area (Å²) in [7, 11) is 0. The van der Waals surface area contributed by atoms with Gasteiger partial charge in [-0.05, 0) is 42.3 Å². The van der Waals surface area contributed by atoms with E-state index in [1.807, 2.05) is 0 Å². The van der Waals surface area contributed by atoms with Crippen molar-refractivity contribution in [2.75, 3.05) is 0 Å². The molecule has 3 N–H and O–H groups in total. The van der Waals surface area contributed by atoms with Crippen molar-refractivity contribution >= 4 is 5.91 Å². The number of phenols is 1. The third kappa shape index (κ3) is 4.50. The minimum absolute atomic E-state index is 0.0310. The molecule has 0 spiro atoms. The molecule has 0 aliphatic rings. The van der Waals surface area contributed by atoms with E-state index in [1.165, 1.54) is 18.2 Å². The molecule has 0 aromatic heterocycles. The largest absolute Gasteiger partial charge is 0.508 e. The molecule has 0 heterocycles. The van der Waals surface area contributed by atoms with Gasteiger partial charge in [0, 0.05) is 0 Å². The minimum atomic E-state index is -1.17. The van der Waals surface area contributed by atoms with Crippen LogP contribution in [0.5, 0.6) is 5.75 Å². The quantitative estimate of drug-likeness (QED) is 0.792. The lowest BCUT2D eigenvalue weighted by atomic mass is 10.0. The molecule has 0 aliphatic heterocycles. The molecule has 0 radical (unpaired) electrons. The maximum atomic E-state index is 13.2. The molecule has 2 aromatic carbocycles. The number of aromatic hydroxyl groups is 1. The third-order valence-corrected chi connectivity index (χ3v) is 3.42. The number of amides is 1. The van der Waals surface area contributed by atoms with Crippen molar-refractivity contribution in [3.05, 3.63) is 65.2 Å².